The van der Waals surface area contributed by atoms with E-state index in [1.165, 1.54) is 11.8 Å². The van der Waals surface area contributed by atoms with Crippen LogP contribution in [0.3, 0.4) is 0 Å². The van der Waals surface area contributed by atoms with Crippen molar-refractivity contribution in [3.05, 3.63) is 65.7 Å². The molecule has 0 unspecified atom stereocenters. The Hall–Kier alpha value is -2.86. The maximum absolute atomic E-state index is 12.3. The van der Waals surface area contributed by atoms with Crippen molar-refractivity contribution in [1.29, 1.82) is 0 Å². The van der Waals surface area contributed by atoms with Crippen LogP contribution in [0.15, 0.2) is 54.6 Å². The molecule has 2 aromatic rings. The molecule has 2 aromatic carbocycles. The maximum Gasteiger partial charge on any atom is 0.407 e. The number of hydrogen-bond acceptors (Lipinski definition) is 4. The van der Waals surface area contributed by atoms with Gasteiger partial charge >= 0.3 is 6.09 Å². The summed E-state index contributed by atoms with van der Waals surface area (Å²) in [5.41, 5.74) is 2.26. The van der Waals surface area contributed by atoms with Gasteiger partial charge in [0.2, 0.25) is 5.91 Å². The molecule has 6 nitrogen and oxygen atoms in total. The molecule has 0 saturated carbocycles. The Labute approximate surface area is 152 Å². The molecule has 0 fully saturated rings. The molecule has 2 amide bonds. The number of carbonyl (C=O) groups is 2. The predicted octanol–water partition coefficient (Wildman–Crippen LogP) is 2.98. The molecule has 1 aliphatic heterocycles. The Morgan fingerprint density at radius 2 is 1.77 bits per heavy atom. The number of anilines is 1. The highest BCUT2D eigenvalue weighted by atomic mass is 16.5. The number of nitrogens with one attached hydrogen (secondary N) is 1. The highest BCUT2D eigenvalue weighted by Gasteiger charge is 2.40. The lowest BCUT2D eigenvalue weighted by molar-refractivity contribution is -0.119. The molecule has 6 heteroatoms. The highest BCUT2D eigenvalue weighted by Crippen LogP contribution is 2.39. The van der Waals surface area contributed by atoms with Gasteiger partial charge in [0.15, 0.2) is 0 Å². The molecule has 1 aliphatic rings. The summed E-state index contributed by atoms with van der Waals surface area (Å²) in [5.74, 6) is -0.639. The summed E-state index contributed by atoms with van der Waals surface area (Å²) in [5, 5.41) is 13.4. The number of carbonyl (C=O) groups excluding carboxylic acids is 2. The van der Waals surface area contributed by atoms with Crippen molar-refractivity contribution in [3.63, 3.8) is 0 Å². The first-order valence-corrected chi connectivity index (χ1v) is 8.53. The van der Waals surface area contributed by atoms with Crippen molar-refractivity contribution >= 4 is 17.7 Å². The fourth-order valence-electron chi connectivity index (χ4n) is 3.26. The second-order valence-electron chi connectivity index (χ2n) is 6.40. The van der Waals surface area contributed by atoms with Crippen molar-refractivity contribution in [2.45, 2.75) is 32.7 Å². The zero-order valence-corrected chi connectivity index (χ0v) is 14.8. The fraction of sp³-hybridized carbons (Fsp3) is 0.300. The third-order valence-electron chi connectivity index (χ3n) is 4.62. The number of amides is 2. The van der Waals surface area contributed by atoms with Crippen molar-refractivity contribution < 1.29 is 19.4 Å². The summed E-state index contributed by atoms with van der Waals surface area (Å²) in [6.45, 7) is 3.37. The van der Waals surface area contributed by atoms with E-state index in [4.69, 9.17) is 4.74 Å². The number of nitrogens with zero attached hydrogens (tertiary/aromatic N) is 1. The van der Waals surface area contributed by atoms with Gasteiger partial charge in [0.05, 0.1) is 11.7 Å². The van der Waals surface area contributed by atoms with E-state index in [0.29, 0.717) is 5.69 Å². The predicted molar refractivity (Wildman–Crippen MR) is 97.3 cm³/mol. The molecule has 26 heavy (non-hydrogen) atoms. The first kappa shape index (κ1) is 17.9. The Balaban J connectivity index is 1.77. The second kappa shape index (κ2) is 7.58. The Morgan fingerprint density at radius 1 is 1.12 bits per heavy atom. The van der Waals surface area contributed by atoms with E-state index >= 15 is 0 Å². The summed E-state index contributed by atoms with van der Waals surface area (Å²) in [6, 6.07) is 16.2. The molecular formula is C20H22N2O4. The summed E-state index contributed by atoms with van der Waals surface area (Å²) in [6.07, 6.45) is -1.59. The number of alkyl carbamates (subject to hydrolysis) is 1. The molecule has 0 bridgehead atoms. The number of hydrogen-bond donors (Lipinski definition) is 2. The van der Waals surface area contributed by atoms with Gasteiger partial charge in [0.25, 0.3) is 0 Å². The van der Waals surface area contributed by atoms with Crippen LogP contribution < -0.4 is 10.2 Å². The molecule has 136 valence electrons. The average Bonchev–Trinajstić information content (AvgIpc) is 2.64. The minimum atomic E-state index is -1.03. The second-order valence-corrected chi connectivity index (χ2v) is 6.40. The quantitative estimate of drug-likeness (QED) is 0.888. The first-order valence-electron chi connectivity index (χ1n) is 8.53. The van der Waals surface area contributed by atoms with E-state index in [0.717, 1.165) is 11.1 Å². The van der Waals surface area contributed by atoms with Gasteiger partial charge in [0, 0.05) is 12.8 Å². The van der Waals surface area contributed by atoms with Crippen molar-refractivity contribution in [1.82, 2.24) is 5.32 Å². The monoisotopic (exact) mass is 354 g/mol. The number of aliphatic hydroxyl groups excluding tert-OH is 1. The van der Waals surface area contributed by atoms with E-state index in [9.17, 15) is 14.7 Å². The number of para-hydroxylation sites is 1. The van der Waals surface area contributed by atoms with E-state index in [1.807, 2.05) is 42.5 Å². The van der Waals surface area contributed by atoms with Gasteiger partial charge in [-0.05, 0) is 17.2 Å². The molecule has 3 rings (SSSR count). The van der Waals surface area contributed by atoms with Gasteiger partial charge in [-0.25, -0.2) is 4.79 Å². The summed E-state index contributed by atoms with van der Waals surface area (Å²) in [7, 11) is 0. The molecule has 1 heterocycles. The van der Waals surface area contributed by atoms with E-state index < -0.39 is 24.3 Å². The minimum Gasteiger partial charge on any atom is -0.445 e. The van der Waals surface area contributed by atoms with E-state index in [-0.39, 0.29) is 12.5 Å². The Bertz CT molecular complexity index is 793. The smallest absolute Gasteiger partial charge is 0.407 e. The van der Waals surface area contributed by atoms with E-state index in [2.05, 4.69) is 5.32 Å². The zero-order chi connectivity index (χ0) is 18.7. The van der Waals surface area contributed by atoms with Gasteiger partial charge in [-0.2, -0.15) is 0 Å². The SMILES string of the molecule is CC(=O)N1c2ccccc2[C@H](NC(=O)OCc2ccccc2)[C@H](C)[C@@H]1O. The standard InChI is InChI=1S/C20H22N2O4/c1-13-18(21-20(25)26-12-15-8-4-3-5-9-15)16-10-6-7-11-17(16)22(14(2)23)19(13)24/h3-11,13,18-19,24H,12H2,1-2H3,(H,21,25)/t13-,18+,19-/m0/s1. The zero-order valence-electron chi connectivity index (χ0n) is 14.8. The van der Waals surface area contributed by atoms with Gasteiger partial charge in [-0.15, -0.1) is 0 Å². The van der Waals surface area contributed by atoms with E-state index in [1.54, 1.807) is 19.1 Å². The summed E-state index contributed by atoms with van der Waals surface area (Å²) >= 11 is 0. The highest BCUT2D eigenvalue weighted by molar-refractivity contribution is 5.93. The molecule has 2 N–H and O–H groups in total. The molecule has 0 aromatic heterocycles. The maximum atomic E-state index is 12.3. The van der Waals surface area contributed by atoms with Crippen LogP contribution in [0.2, 0.25) is 0 Å². The average molecular weight is 354 g/mol. The van der Waals surface area contributed by atoms with Gasteiger partial charge in [0.1, 0.15) is 12.8 Å². The summed E-state index contributed by atoms with van der Waals surface area (Å²) in [4.78, 5) is 25.6. The van der Waals surface area contributed by atoms with Crippen LogP contribution in [0.5, 0.6) is 0 Å². The lowest BCUT2D eigenvalue weighted by Crippen LogP contribution is -2.52. The van der Waals surface area contributed by atoms with Crippen LogP contribution in [0, 0.1) is 5.92 Å². The van der Waals surface area contributed by atoms with Gasteiger partial charge in [-0.3, -0.25) is 9.69 Å². The fourth-order valence-corrected chi connectivity index (χ4v) is 3.26. The van der Waals surface area contributed by atoms with Crippen molar-refractivity contribution in [3.8, 4) is 0 Å². The van der Waals surface area contributed by atoms with Gasteiger partial charge < -0.3 is 15.2 Å². The topological polar surface area (TPSA) is 78.9 Å². The molecule has 0 aliphatic carbocycles. The van der Waals surface area contributed by atoms with Crippen molar-refractivity contribution in [2.24, 2.45) is 5.92 Å². The Morgan fingerprint density at radius 3 is 2.46 bits per heavy atom. The first-order chi connectivity index (χ1) is 12.5. The number of ether oxygens (including phenoxy) is 1. The number of benzene rings is 2. The van der Waals surface area contributed by atoms with Crippen LogP contribution in [-0.4, -0.2) is 23.3 Å². The van der Waals surface area contributed by atoms with Crippen LogP contribution in [-0.2, 0) is 16.1 Å². The Kier molecular flexibility index (Phi) is 5.23. The number of fused-ring (bicyclic) bond motifs is 1. The lowest BCUT2D eigenvalue weighted by Gasteiger charge is -2.42. The van der Waals surface area contributed by atoms with Gasteiger partial charge in [-0.1, -0.05) is 55.5 Å². The number of rotatable bonds is 3. The van der Waals surface area contributed by atoms with Crippen LogP contribution in [0.1, 0.15) is 31.0 Å². The third-order valence-corrected chi connectivity index (χ3v) is 4.62. The minimum absolute atomic E-state index is 0.164. The van der Waals surface area contributed by atoms with Crippen molar-refractivity contribution in [2.75, 3.05) is 4.90 Å². The molecular weight excluding hydrogens is 332 g/mol. The molecule has 3 atom stereocenters. The summed E-state index contributed by atoms with van der Waals surface area (Å²) < 4.78 is 5.29. The number of aliphatic hydroxyl groups is 1. The molecule has 0 spiro atoms. The molecule has 0 saturated heterocycles. The third kappa shape index (κ3) is 3.55. The normalized spacial score (nSPS) is 21.7. The van der Waals surface area contributed by atoms with Crippen LogP contribution >= 0.6 is 0 Å². The lowest BCUT2D eigenvalue weighted by atomic mass is 9.86. The van der Waals surface area contributed by atoms with Crippen LogP contribution in [0.4, 0.5) is 10.5 Å². The van der Waals surface area contributed by atoms with Crippen LogP contribution in [0.25, 0.3) is 0 Å². The molecule has 0 radical (unpaired) electrons. The largest absolute Gasteiger partial charge is 0.445 e.